The van der Waals surface area contributed by atoms with Crippen molar-refractivity contribution in [2.45, 2.75) is 39.2 Å². The summed E-state index contributed by atoms with van der Waals surface area (Å²) in [5.41, 5.74) is 15.7. The third-order valence-electron chi connectivity index (χ3n) is 5.97. The van der Waals surface area contributed by atoms with Crippen molar-refractivity contribution in [3.05, 3.63) is 53.9 Å². The van der Waals surface area contributed by atoms with Crippen molar-refractivity contribution in [1.29, 1.82) is 0 Å². The van der Waals surface area contributed by atoms with E-state index in [0.717, 1.165) is 36.2 Å². The lowest BCUT2D eigenvalue weighted by atomic mass is 9.97. The number of fused-ring (bicyclic) bond motifs is 2. The molecule has 1 aromatic carbocycles. The van der Waals surface area contributed by atoms with E-state index in [4.69, 9.17) is 11.5 Å². The Labute approximate surface area is 179 Å². The lowest BCUT2D eigenvalue weighted by Gasteiger charge is -2.13. The predicted octanol–water partition coefficient (Wildman–Crippen LogP) is 4.58. The van der Waals surface area contributed by atoms with Gasteiger partial charge in [0.2, 0.25) is 0 Å². The minimum atomic E-state index is -0.497. The van der Waals surface area contributed by atoms with Crippen molar-refractivity contribution < 1.29 is 4.39 Å². The number of halogens is 1. The second-order valence-electron chi connectivity index (χ2n) is 8.02. The minimum absolute atomic E-state index is 0.0575. The van der Waals surface area contributed by atoms with Crippen molar-refractivity contribution in [3.8, 4) is 11.1 Å². The van der Waals surface area contributed by atoms with Crippen molar-refractivity contribution >= 4 is 33.8 Å². The van der Waals surface area contributed by atoms with Crippen LogP contribution in [-0.4, -0.2) is 19.7 Å². The number of pyridine rings is 2. The fraction of sp³-hybridized carbons (Fsp3) is 0.261. The van der Waals surface area contributed by atoms with Crippen LogP contribution in [0.4, 0.5) is 27.4 Å². The van der Waals surface area contributed by atoms with Gasteiger partial charge in [-0.1, -0.05) is 6.42 Å². The highest BCUT2D eigenvalue weighted by Crippen LogP contribution is 2.36. The molecule has 5 N–H and O–H groups in total. The highest BCUT2D eigenvalue weighted by Gasteiger charge is 2.17. The minimum Gasteiger partial charge on any atom is -0.397 e. The molecule has 8 heteroatoms. The molecule has 0 aliphatic carbocycles. The van der Waals surface area contributed by atoms with Crippen LogP contribution in [0.3, 0.4) is 0 Å². The van der Waals surface area contributed by atoms with E-state index >= 15 is 4.39 Å². The maximum Gasteiger partial charge on any atom is 0.154 e. The number of rotatable bonds is 3. The van der Waals surface area contributed by atoms with Gasteiger partial charge in [-0.15, -0.1) is 0 Å². The average molecular weight is 417 g/mol. The van der Waals surface area contributed by atoms with E-state index in [1.54, 1.807) is 24.7 Å². The van der Waals surface area contributed by atoms with Crippen molar-refractivity contribution in [2.75, 3.05) is 16.8 Å². The molecule has 1 aliphatic heterocycles. The van der Waals surface area contributed by atoms with Crippen molar-refractivity contribution in [1.82, 2.24) is 19.7 Å². The number of hydrogen-bond acceptors (Lipinski definition) is 6. The number of anilines is 4. The third-order valence-corrected chi connectivity index (χ3v) is 5.97. The molecule has 0 bridgehead atoms. The van der Waals surface area contributed by atoms with E-state index in [0.29, 0.717) is 28.0 Å². The standard InChI is InChI=1S/C23H24FN7/c1-13-17(10-27-12-19(13)25)16-7-14-8-20(28-11-18(14)23(26)22(16)24)29-21-9-15-5-3-2-4-6-31(15)30-21/h7-12H,2-6,25-26H2,1H3,(H,28,29,30). The van der Waals surface area contributed by atoms with E-state index in [2.05, 4.69) is 31.1 Å². The van der Waals surface area contributed by atoms with Gasteiger partial charge in [-0.25, -0.2) is 9.37 Å². The van der Waals surface area contributed by atoms with Crippen LogP contribution in [0.2, 0.25) is 0 Å². The second-order valence-corrected chi connectivity index (χ2v) is 8.02. The van der Waals surface area contributed by atoms with Crippen molar-refractivity contribution in [2.24, 2.45) is 0 Å². The summed E-state index contributed by atoms with van der Waals surface area (Å²) in [6.07, 6.45) is 9.35. The number of nitrogens with zero attached hydrogens (tertiary/aromatic N) is 4. The molecule has 5 rings (SSSR count). The van der Waals surface area contributed by atoms with Gasteiger partial charge < -0.3 is 16.8 Å². The molecule has 3 aromatic heterocycles. The molecule has 0 amide bonds. The van der Waals surface area contributed by atoms with Gasteiger partial charge in [0.05, 0.1) is 17.6 Å². The Morgan fingerprint density at radius 2 is 1.87 bits per heavy atom. The fourth-order valence-corrected chi connectivity index (χ4v) is 4.16. The van der Waals surface area contributed by atoms with Gasteiger partial charge in [-0.2, -0.15) is 5.10 Å². The quantitative estimate of drug-likeness (QED) is 0.421. The summed E-state index contributed by atoms with van der Waals surface area (Å²) in [6.45, 7) is 2.78. The van der Waals surface area contributed by atoms with Crippen LogP contribution < -0.4 is 16.8 Å². The molecular formula is C23H24FN7. The molecule has 0 atom stereocenters. The lowest BCUT2D eigenvalue weighted by molar-refractivity contribution is 0.578. The summed E-state index contributed by atoms with van der Waals surface area (Å²) >= 11 is 0. The smallest absolute Gasteiger partial charge is 0.154 e. The summed E-state index contributed by atoms with van der Waals surface area (Å²) in [5.74, 6) is 0.887. The maximum atomic E-state index is 15.1. The monoisotopic (exact) mass is 417 g/mol. The van der Waals surface area contributed by atoms with Crippen LogP contribution in [0.25, 0.3) is 21.9 Å². The number of aryl methyl sites for hydroxylation is 2. The van der Waals surface area contributed by atoms with Crippen LogP contribution in [0.5, 0.6) is 0 Å². The predicted molar refractivity (Wildman–Crippen MR) is 122 cm³/mol. The maximum absolute atomic E-state index is 15.1. The number of nitrogens with one attached hydrogen (secondary N) is 1. The zero-order chi connectivity index (χ0) is 21.5. The van der Waals surface area contributed by atoms with Crippen LogP contribution in [0, 0.1) is 12.7 Å². The normalized spacial score (nSPS) is 13.7. The number of benzene rings is 1. The molecule has 31 heavy (non-hydrogen) atoms. The molecule has 0 fully saturated rings. The van der Waals surface area contributed by atoms with E-state index in [1.807, 2.05) is 13.0 Å². The van der Waals surface area contributed by atoms with Gasteiger partial charge in [0, 0.05) is 47.2 Å². The first-order valence-corrected chi connectivity index (χ1v) is 10.4. The highest BCUT2D eigenvalue weighted by atomic mass is 19.1. The van der Waals surface area contributed by atoms with Crippen LogP contribution in [0.1, 0.15) is 30.5 Å². The first kappa shape index (κ1) is 19.3. The Bertz CT molecular complexity index is 1270. The molecule has 7 nitrogen and oxygen atoms in total. The summed E-state index contributed by atoms with van der Waals surface area (Å²) < 4.78 is 17.2. The van der Waals surface area contributed by atoms with Gasteiger partial charge in [-0.3, -0.25) is 9.67 Å². The molecule has 4 aromatic rings. The van der Waals surface area contributed by atoms with Gasteiger partial charge >= 0.3 is 0 Å². The fourth-order valence-electron chi connectivity index (χ4n) is 4.16. The largest absolute Gasteiger partial charge is 0.397 e. The Morgan fingerprint density at radius 3 is 2.74 bits per heavy atom. The highest BCUT2D eigenvalue weighted by molar-refractivity contribution is 5.98. The summed E-state index contributed by atoms with van der Waals surface area (Å²) in [4.78, 5) is 8.54. The molecule has 158 valence electrons. The molecule has 0 radical (unpaired) electrons. The van der Waals surface area contributed by atoms with E-state index in [-0.39, 0.29) is 5.69 Å². The Hall–Kier alpha value is -3.68. The first-order chi connectivity index (χ1) is 15.0. The molecule has 1 aliphatic rings. The van der Waals surface area contributed by atoms with Crippen LogP contribution in [-0.2, 0) is 13.0 Å². The van der Waals surface area contributed by atoms with Gasteiger partial charge in [0.15, 0.2) is 11.6 Å². The molecule has 0 unspecified atom stereocenters. The number of aromatic nitrogens is 4. The third kappa shape index (κ3) is 3.43. The van der Waals surface area contributed by atoms with Crippen molar-refractivity contribution in [3.63, 3.8) is 0 Å². The first-order valence-electron chi connectivity index (χ1n) is 10.4. The SMILES string of the molecule is Cc1c(N)cncc1-c1cc2cc(Nc3cc4n(n3)CCCCC4)ncc2c(N)c1F. The Kier molecular flexibility index (Phi) is 4.69. The topological polar surface area (TPSA) is 108 Å². The summed E-state index contributed by atoms with van der Waals surface area (Å²) in [7, 11) is 0. The summed E-state index contributed by atoms with van der Waals surface area (Å²) in [5, 5.41) is 9.27. The average Bonchev–Trinajstić information content (AvgIpc) is 3.00. The zero-order valence-electron chi connectivity index (χ0n) is 17.3. The molecule has 0 saturated heterocycles. The van der Waals surface area contributed by atoms with E-state index < -0.39 is 5.82 Å². The lowest BCUT2D eigenvalue weighted by Crippen LogP contribution is -2.03. The van der Waals surface area contributed by atoms with Crippen LogP contribution in [0.15, 0.2) is 36.8 Å². The summed E-state index contributed by atoms with van der Waals surface area (Å²) in [6, 6.07) is 5.69. The molecule has 0 saturated carbocycles. The Balaban J connectivity index is 1.55. The number of nitrogens with two attached hydrogens (primary N) is 2. The molecule has 4 heterocycles. The van der Waals surface area contributed by atoms with Gasteiger partial charge in [0.1, 0.15) is 5.82 Å². The Morgan fingerprint density at radius 1 is 1.00 bits per heavy atom. The van der Waals surface area contributed by atoms with Crippen LogP contribution >= 0.6 is 0 Å². The zero-order valence-corrected chi connectivity index (χ0v) is 17.3. The number of nitrogen functional groups attached to an aromatic ring is 2. The second kappa shape index (κ2) is 7.54. The van der Waals surface area contributed by atoms with Gasteiger partial charge in [0.25, 0.3) is 0 Å². The van der Waals surface area contributed by atoms with E-state index in [9.17, 15) is 0 Å². The van der Waals surface area contributed by atoms with Gasteiger partial charge in [-0.05, 0) is 49.3 Å². The van der Waals surface area contributed by atoms with E-state index in [1.165, 1.54) is 18.5 Å². The number of hydrogen-bond donors (Lipinski definition) is 3. The molecular weight excluding hydrogens is 393 g/mol. The molecule has 0 spiro atoms.